The van der Waals surface area contributed by atoms with Crippen molar-refractivity contribution in [2.24, 2.45) is 5.92 Å². The van der Waals surface area contributed by atoms with E-state index in [1.807, 2.05) is 18.2 Å². The van der Waals surface area contributed by atoms with Crippen LogP contribution in [0.4, 0.5) is 5.82 Å². The third kappa shape index (κ3) is 2.04. The Morgan fingerprint density at radius 3 is 2.90 bits per heavy atom. The van der Waals surface area contributed by atoms with Gasteiger partial charge in [0.05, 0.1) is 0 Å². The van der Waals surface area contributed by atoms with Gasteiger partial charge >= 0.3 is 0 Å². The van der Waals surface area contributed by atoms with E-state index in [-0.39, 0.29) is 0 Å². The Kier molecular flexibility index (Phi) is 2.80. The van der Waals surface area contributed by atoms with Crippen molar-refractivity contribution in [3.8, 4) is 22.8 Å². The van der Waals surface area contributed by atoms with Gasteiger partial charge < -0.3 is 19.8 Å². The summed E-state index contributed by atoms with van der Waals surface area (Å²) < 4.78 is 13.3. The zero-order chi connectivity index (χ0) is 14.4. The van der Waals surface area contributed by atoms with Gasteiger partial charge in [0.1, 0.15) is 30.5 Å². The van der Waals surface area contributed by atoms with Crippen LogP contribution in [0.25, 0.3) is 11.3 Å². The molecule has 0 radical (unpaired) electrons. The predicted octanol–water partition coefficient (Wildman–Crippen LogP) is 2.49. The van der Waals surface area contributed by atoms with Gasteiger partial charge in [0.2, 0.25) is 0 Å². The lowest BCUT2D eigenvalue weighted by atomic mass is 10.0. The summed E-state index contributed by atoms with van der Waals surface area (Å²) in [5.41, 5.74) is 8.16. The second-order valence-electron chi connectivity index (χ2n) is 5.87. The summed E-state index contributed by atoms with van der Waals surface area (Å²) >= 11 is 0. The fourth-order valence-corrected chi connectivity index (χ4v) is 3.09. The topological polar surface area (TPSA) is 62.3 Å². The second-order valence-corrected chi connectivity index (χ2v) is 5.87. The zero-order valence-electron chi connectivity index (χ0n) is 12.1. The number of aromatic nitrogens is 2. The molecule has 3 heterocycles. The molecule has 5 heteroatoms. The van der Waals surface area contributed by atoms with Crippen LogP contribution in [-0.4, -0.2) is 22.8 Å². The quantitative estimate of drug-likeness (QED) is 0.874. The Labute approximate surface area is 123 Å². The largest absolute Gasteiger partial charge is 0.486 e. The molecule has 1 aromatic heterocycles. The van der Waals surface area contributed by atoms with Gasteiger partial charge in [-0.1, -0.05) is 6.92 Å². The maximum absolute atomic E-state index is 6.31. The highest BCUT2D eigenvalue weighted by molar-refractivity contribution is 5.73. The lowest BCUT2D eigenvalue weighted by Gasteiger charge is -2.20. The molecule has 0 fully saturated rings. The SMILES string of the molecule is CC1CCn2c(nc(-c3ccc4c(c3)OCCO4)c2N)C1. The van der Waals surface area contributed by atoms with Gasteiger partial charge in [0.25, 0.3) is 0 Å². The van der Waals surface area contributed by atoms with E-state index < -0.39 is 0 Å². The summed E-state index contributed by atoms with van der Waals surface area (Å²) in [5, 5.41) is 0. The van der Waals surface area contributed by atoms with Crippen LogP contribution >= 0.6 is 0 Å². The molecule has 21 heavy (non-hydrogen) atoms. The number of hydrogen-bond donors (Lipinski definition) is 1. The Balaban J connectivity index is 1.77. The molecule has 0 spiro atoms. The standard InChI is InChI=1S/C16H19N3O2/c1-10-4-5-19-14(8-10)18-15(16(19)17)11-2-3-12-13(9-11)21-7-6-20-12/h2-3,9-10H,4-8,17H2,1H3. The summed E-state index contributed by atoms with van der Waals surface area (Å²) in [6.45, 7) is 4.41. The van der Waals surface area contributed by atoms with Gasteiger partial charge in [-0.05, 0) is 30.5 Å². The number of anilines is 1. The van der Waals surface area contributed by atoms with Gasteiger partial charge in [0.15, 0.2) is 11.5 Å². The van der Waals surface area contributed by atoms with Crippen molar-refractivity contribution < 1.29 is 9.47 Å². The minimum absolute atomic E-state index is 0.586. The van der Waals surface area contributed by atoms with Crippen LogP contribution in [-0.2, 0) is 13.0 Å². The van der Waals surface area contributed by atoms with Crippen molar-refractivity contribution in [1.29, 1.82) is 0 Å². The minimum Gasteiger partial charge on any atom is -0.486 e. The Hall–Kier alpha value is -2.17. The molecule has 110 valence electrons. The summed E-state index contributed by atoms with van der Waals surface area (Å²) in [5.74, 6) is 4.09. The van der Waals surface area contributed by atoms with Gasteiger partial charge in [0, 0.05) is 18.5 Å². The highest BCUT2D eigenvalue weighted by atomic mass is 16.6. The Bertz CT molecular complexity index is 693. The van der Waals surface area contributed by atoms with E-state index in [4.69, 9.17) is 20.2 Å². The fourth-order valence-electron chi connectivity index (χ4n) is 3.09. The smallest absolute Gasteiger partial charge is 0.162 e. The normalized spacial score (nSPS) is 20.1. The average molecular weight is 285 g/mol. The van der Waals surface area contributed by atoms with Crippen LogP contribution in [0.15, 0.2) is 18.2 Å². The summed E-state index contributed by atoms with van der Waals surface area (Å²) in [4.78, 5) is 4.76. The maximum atomic E-state index is 6.31. The molecule has 2 N–H and O–H groups in total. The molecule has 0 aliphatic carbocycles. The lowest BCUT2D eigenvalue weighted by Crippen LogP contribution is -2.18. The molecule has 2 aromatic rings. The number of ether oxygens (including phenoxy) is 2. The molecule has 2 aliphatic heterocycles. The van der Waals surface area contributed by atoms with Gasteiger partial charge in [-0.2, -0.15) is 0 Å². The van der Waals surface area contributed by atoms with Crippen LogP contribution < -0.4 is 15.2 Å². The van der Waals surface area contributed by atoms with Crippen molar-refractivity contribution in [1.82, 2.24) is 9.55 Å². The number of benzene rings is 1. The second kappa shape index (κ2) is 4.69. The summed E-state index contributed by atoms with van der Waals surface area (Å²) in [6, 6.07) is 5.91. The molecule has 2 aliphatic rings. The molecule has 4 rings (SSSR count). The van der Waals surface area contributed by atoms with Gasteiger partial charge in [-0.3, -0.25) is 0 Å². The maximum Gasteiger partial charge on any atom is 0.162 e. The minimum atomic E-state index is 0.586. The number of nitrogens with two attached hydrogens (primary N) is 1. The zero-order valence-corrected chi connectivity index (χ0v) is 12.1. The van der Waals surface area contributed by atoms with Crippen molar-refractivity contribution in [3.63, 3.8) is 0 Å². The monoisotopic (exact) mass is 285 g/mol. The van der Waals surface area contributed by atoms with Crippen LogP contribution in [0.3, 0.4) is 0 Å². The highest BCUT2D eigenvalue weighted by Crippen LogP contribution is 2.37. The van der Waals surface area contributed by atoms with E-state index in [0.29, 0.717) is 19.1 Å². The molecular weight excluding hydrogens is 266 g/mol. The molecule has 0 amide bonds. The number of rotatable bonds is 1. The van der Waals surface area contributed by atoms with E-state index in [2.05, 4.69) is 11.5 Å². The number of hydrogen-bond acceptors (Lipinski definition) is 4. The van der Waals surface area contributed by atoms with Crippen LogP contribution in [0.2, 0.25) is 0 Å². The Morgan fingerprint density at radius 1 is 1.24 bits per heavy atom. The van der Waals surface area contributed by atoms with Crippen molar-refractivity contribution in [3.05, 3.63) is 24.0 Å². The number of imidazole rings is 1. The molecule has 0 saturated carbocycles. The first-order valence-corrected chi connectivity index (χ1v) is 7.47. The first-order valence-electron chi connectivity index (χ1n) is 7.47. The van der Waals surface area contributed by atoms with Crippen molar-refractivity contribution >= 4 is 5.82 Å². The molecule has 5 nitrogen and oxygen atoms in total. The highest BCUT2D eigenvalue weighted by Gasteiger charge is 2.23. The summed E-state index contributed by atoms with van der Waals surface area (Å²) in [7, 11) is 0. The molecule has 1 aromatic carbocycles. The molecule has 0 bridgehead atoms. The van der Waals surface area contributed by atoms with Gasteiger partial charge in [-0.25, -0.2) is 4.98 Å². The van der Waals surface area contributed by atoms with E-state index >= 15 is 0 Å². The summed E-state index contributed by atoms with van der Waals surface area (Å²) in [6.07, 6.45) is 2.16. The van der Waals surface area contributed by atoms with Gasteiger partial charge in [-0.15, -0.1) is 0 Å². The van der Waals surface area contributed by atoms with E-state index in [1.54, 1.807) is 0 Å². The van der Waals surface area contributed by atoms with E-state index in [1.165, 1.54) is 0 Å². The molecule has 1 unspecified atom stereocenters. The fraction of sp³-hybridized carbons (Fsp3) is 0.438. The number of nitrogens with zero attached hydrogens (tertiary/aromatic N) is 2. The molecule has 1 atom stereocenters. The van der Waals surface area contributed by atoms with Crippen molar-refractivity contribution in [2.45, 2.75) is 26.3 Å². The first-order chi connectivity index (χ1) is 10.2. The van der Waals surface area contributed by atoms with Crippen LogP contribution in [0.5, 0.6) is 11.5 Å². The lowest BCUT2D eigenvalue weighted by molar-refractivity contribution is 0.171. The van der Waals surface area contributed by atoms with Crippen LogP contribution in [0.1, 0.15) is 19.2 Å². The predicted molar refractivity (Wildman–Crippen MR) is 80.6 cm³/mol. The number of nitrogen functional groups attached to an aromatic ring is 1. The third-order valence-electron chi connectivity index (χ3n) is 4.28. The molecule has 0 saturated heterocycles. The number of fused-ring (bicyclic) bond motifs is 2. The molecular formula is C16H19N3O2. The first kappa shape index (κ1) is 12.6. The van der Waals surface area contributed by atoms with Crippen molar-refractivity contribution in [2.75, 3.05) is 18.9 Å². The van der Waals surface area contributed by atoms with E-state index in [0.717, 1.165) is 53.8 Å². The Morgan fingerprint density at radius 2 is 2.05 bits per heavy atom. The third-order valence-corrected chi connectivity index (χ3v) is 4.28. The van der Waals surface area contributed by atoms with E-state index in [9.17, 15) is 0 Å². The van der Waals surface area contributed by atoms with Crippen LogP contribution in [0, 0.1) is 5.92 Å². The average Bonchev–Trinajstić information content (AvgIpc) is 2.83.